The second kappa shape index (κ2) is 8.83. The van der Waals surface area contributed by atoms with Gasteiger partial charge in [0.05, 0.1) is 35.5 Å². The average molecular weight is 483 g/mol. The number of nitrogens with one attached hydrogen (secondary N) is 1. The molecule has 2 saturated heterocycles. The van der Waals surface area contributed by atoms with Gasteiger partial charge in [-0.2, -0.15) is 13.2 Å². The van der Waals surface area contributed by atoms with Crippen LogP contribution in [-0.4, -0.2) is 46.1 Å². The van der Waals surface area contributed by atoms with Gasteiger partial charge in [0.25, 0.3) is 0 Å². The van der Waals surface area contributed by atoms with E-state index in [1.165, 1.54) is 18.5 Å². The summed E-state index contributed by atoms with van der Waals surface area (Å²) >= 11 is 0. The molecule has 2 aromatic rings. The molecule has 3 aliphatic rings. The number of likely N-dealkylation sites (tertiary alicyclic amines) is 1. The van der Waals surface area contributed by atoms with Crippen LogP contribution in [0.15, 0.2) is 73.0 Å². The van der Waals surface area contributed by atoms with Crippen LogP contribution >= 0.6 is 0 Å². The summed E-state index contributed by atoms with van der Waals surface area (Å²) in [5.41, 5.74) is 1.35. The lowest BCUT2D eigenvalue weighted by Crippen LogP contribution is -2.67. The molecule has 3 amide bonds. The molecule has 2 unspecified atom stereocenters. The van der Waals surface area contributed by atoms with E-state index in [2.05, 4.69) is 15.3 Å². The van der Waals surface area contributed by atoms with E-state index in [1.54, 1.807) is 22.2 Å². The van der Waals surface area contributed by atoms with Crippen LogP contribution in [0.3, 0.4) is 0 Å². The van der Waals surface area contributed by atoms with Crippen molar-refractivity contribution in [3.8, 4) is 0 Å². The average Bonchev–Trinajstić information content (AvgIpc) is 2.87. The van der Waals surface area contributed by atoms with Crippen LogP contribution in [0.5, 0.6) is 0 Å². The van der Waals surface area contributed by atoms with Crippen molar-refractivity contribution in [1.29, 1.82) is 0 Å². The number of benzene rings is 1. The Labute approximate surface area is 200 Å². The number of carbonyl (C=O) groups excluding carboxylic acids is 2. The molecule has 35 heavy (non-hydrogen) atoms. The fraction of sp³-hybridized carbons (Fsp3) is 0.360. The fourth-order valence-corrected chi connectivity index (χ4v) is 5.19. The highest BCUT2D eigenvalue weighted by Crippen LogP contribution is 2.57. The number of rotatable bonds is 3. The number of allylic oxidation sites excluding steroid dienone is 3. The smallest absolute Gasteiger partial charge is 0.324 e. The molecule has 2 aliphatic heterocycles. The maximum atomic E-state index is 13.5. The third-order valence-electron chi connectivity index (χ3n) is 7.08. The van der Waals surface area contributed by atoms with E-state index < -0.39 is 17.5 Å². The summed E-state index contributed by atoms with van der Waals surface area (Å²) < 4.78 is 38.5. The molecule has 0 radical (unpaired) electrons. The molecule has 1 spiro atoms. The summed E-state index contributed by atoms with van der Waals surface area (Å²) in [6, 6.07) is 9.19. The van der Waals surface area contributed by atoms with Gasteiger partial charge in [0.1, 0.15) is 6.33 Å². The van der Waals surface area contributed by atoms with E-state index in [9.17, 15) is 22.8 Å². The first-order chi connectivity index (χ1) is 16.8. The van der Waals surface area contributed by atoms with Crippen molar-refractivity contribution in [2.24, 2.45) is 11.3 Å². The number of hydrogen-bond donors (Lipinski definition) is 1. The number of carbonyl (C=O) groups is 2. The molecule has 7 nitrogen and oxygen atoms in total. The predicted octanol–water partition coefficient (Wildman–Crippen LogP) is 4.38. The molecule has 2 atom stereocenters. The number of halogens is 3. The summed E-state index contributed by atoms with van der Waals surface area (Å²) in [5.74, 6) is -1.55. The molecule has 182 valence electrons. The zero-order valence-electron chi connectivity index (χ0n) is 18.8. The molecule has 0 saturated carbocycles. The van der Waals surface area contributed by atoms with E-state index in [1.807, 2.05) is 30.3 Å². The highest BCUT2D eigenvalue weighted by atomic mass is 19.4. The lowest BCUT2D eigenvalue weighted by molar-refractivity contribution is -0.160. The Morgan fingerprint density at radius 3 is 2.37 bits per heavy atom. The SMILES string of the molecule is O=C(NC1=CCC(C(F)(F)F)C=C1)N1CCC2(CC1)C(=O)N(c1cncnc1)C2c1ccccc1. The van der Waals surface area contributed by atoms with Gasteiger partial charge in [0, 0.05) is 18.8 Å². The third kappa shape index (κ3) is 4.17. The summed E-state index contributed by atoms with van der Waals surface area (Å²) in [6.45, 7) is 0.727. The molecule has 2 fully saturated rings. The van der Waals surface area contributed by atoms with Gasteiger partial charge in [-0.25, -0.2) is 14.8 Å². The summed E-state index contributed by atoms with van der Waals surface area (Å²) in [4.78, 5) is 37.7. The lowest BCUT2D eigenvalue weighted by Gasteiger charge is -2.58. The predicted molar refractivity (Wildman–Crippen MR) is 122 cm³/mol. The van der Waals surface area contributed by atoms with Crippen molar-refractivity contribution in [3.05, 3.63) is 78.5 Å². The van der Waals surface area contributed by atoms with Crippen molar-refractivity contribution >= 4 is 17.6 Å². The summed E-state index contributed by atoms with van der Waals surface area (Å²) in [6.07, 6.45) is 4.86. The van der Waals surface area contributed by atoms with Gasteiger partial charge in [-0.05, 0) is 30.9 Å². The highest BCUT2D eigenvalue weighted by molar-refractivity contribution is 6.06. The van der Waals surface area contributed by atoms with Crippen molar-refractivity contribution in [1.82, 2.24) is 20.2 Å². The first-order valence-corrected chi connectivity index (χ1v) is 11.4. The lowest BCUT2D eigenvalue weighted by atomic mass is 9.62. The quantitative estimate of drug-likeness (QED) is 0.658. The van der Waals surface area contributed by atoms with Gasteiger partial charge >= 0.3 is 12.2 Å². The minimum absolute atomic E-state index is 0.0164. The van der Waals surface area contributed by atoms with Crippen LogP contribution in [0, 0.1) is 11.3 Å². The fourth-order valence-electron chi connectivity index (χ4n) is 5.19. The molecule has 3 heterocycles. The number of amides is 3. The molecule has 1 aliphatic carbocycles. The zero-order chi connectivity index (χ0) is 24.6. The van der Waals surface area contributed by atoms with Crippen molar-refractivity contribution in [3.63, 3.8) is 0 Å². The van der Waals surface area contributed by atoms with Crippen LogP contribution in [0.4, 0.5) is 23.7 Å². The van der Waals surface area contributed by atoms with Gasteiger partial charge in [-0.15, -0.1) is 0 Å². The number of alkyl halides is 3. The number of hydrogen-bond acceptors (Lipinski definition) is 4. The van der Waals surface area contributed by atoms with E-state index in [-0.39, 0.29) is 24.4 Å². The molecular formula is C25H24F3N5O2. The molecule has 1 N–H and O–H groups in total. The minimum atomic E-state index is -4.30. The number of urea groups is 1. The maximum Gasteiger partial charge on any atom is 0.395 e. The minimum Gasteiger partial charge on any atom is -0.324 e. The molecule has 1 aromatic carbocycles. The molecule has 5 rings (SSSR count). The summed E-state index contributed by atoms with van der Waals surface area (Å²) in [7, 11) is 0. The second-order valence-corrected chi connectivity index (χ2v) is 9.06. The Morgan fingerprint density at radius 1 is 1.09 bits per heavy atom. The Morgan fingerprint density at radius 2 is 1.77 bits per heavy atom. The summed E-state index contributed by atoms with van der Waals surface area (Å²) in [5, 5.41) is 2.69. The van der Waals surface area contributed by atoms with Gasteiger partial charge in [-0.1, -0.05) is 42.5 Å². The second-order valence-electron chi connectivity index (χ2n) is 9.06. The Hall–Kier alpha value is -3.69. The molecule has 10 heteroatoms. The highest BCUT2D eigenvalue weighted by Gasteiger charge is 2.62. The first kappa shape index (κ1) is 23.1. The maximum absolute atomic E-state index is 13.5. The Kier molecular flexibility index (Phi) is 5.82. The van der Waals surface area contributed by atoms with Crippen molar-refractivity contribution < 1.29 is 22.8 Å². The number of aromatic nitrogens is 2. The van der Waals surface area contributed by atoms with Gasteiger partial charge in [0.2, 0.25) is 5.91 Å². The number of nitrogens with zero attached hydrogens (tertiary/aromatic N) is 4. The Balaban J connectivity index is 1.28. The van der Waals surface area contributed by atoms with E-state index in [0.717, 1.165) is 11.6 Å². The van der Waals surface area contributed by atoms with Crippen molar-refractivity contribution in [2.75, 3.05) is 18.0 Å². The molecule has 1 aromatic heterocycles. The van der Waals surface area contributed by atoms with Gasteiger partial charge in [-0.3, -0.25) is 4.79 Å². The molecule has 0 bridgehead atoms. The van der Waals surface area contributed by atoms with E-state index in [0.29, 0.717) is 37.3 Å². The van der Waals surface area contributed by atoms with Crippen LogP contribution in [0.25, 0.3) is 0 Å². The standard InChI is InChI=1S/C25H24F3N5O2/c26-25(27,28)18-6-8-19(9-7-18)31-23(35)32-12-10-24(11-13-32)21(17-4-2-1-3-5-17)33(22(24)34)20-14-29-16-30-15-20/h1-6,8-9,14-16,18,21H,7,10-13H2,(H,31,35). The van der Waals surface area contributed by atoms with Gasteiger partial charge < -0.3 is 15.1 Å². The monoisotopic (exact) mass is 483 g/mol. The number of anilines is 1. The van der Waals surface area contributed by atoms with Crippen LogP contribution in [0.2, 0.25) is 0 Å². The van der Waals surface area contributed by atoms with Crippen LogP contribution < -0.4 is 10.2 Å². The number of β-lactam (4-membered cyclic amide) rings is 1. The van der Waals surface area contributed by atoms with Gasteiger partial charge in [0.15, 0.2) is 0 Å². The van der Waals surface area contributed by atoms with E-state index >= 15 is 0 Å². The number of piperidine rings is 1. The topological polar surface area (TPSA) is 78.4 Å². The van der Waals surface area contributed by atoms with E-state index in [4.69, 9.17) is 0 Å². The van der Waals surface area contributed by atoms with Crippen LogP contribution in [0.1, 0.15) is 30.9 Å². The normalized spacial score (nSPS) is 23.6. The molecular weight excluding hydrogens is 459 g/mol. The van der Waals surface area contributed by atoms with Crippen molar-refractivity contribution in [2.45, 2.75) is 31.5 Å². The van der Waals surface area contributed by atoms with Crippen LogP contribution in [-0.2, 0) is 4.79 Å². The third-order valence-corrected chi connectivity index (χ3v) is 7.08. The Bertz CT molecular complexity index is 1160. The largest absolute Gasteiger partial charge is 0.395 e. The first-order valence-electron chi connectivity index (χ1n) is 11.4. The zero-order valence-corrected chi connectivity index (χ0v) is 18.8.